The van der Waals surface area contributed by atoms with Crippen LogP contribution in [0.15, 0.2) is 88.2 Å². The zero-order chi connectivity index (χ0) is 18.6. The molecule has 0 aliphatic carbocycles. The molecule has 0 aliphatic rings. The molecule has 0 spiro atoms. The van der Waals surface area contributed by atoms with Gasteiger partial charge in [0.2, 0.25) is 0 Å². The van der Waals surface area contributed by atoms with Gasteiger partial charge in [0.25, 0.3) is 10.0 Å². The first kappa shape index (κ1) is 18.5. The molecule has 0 heterocycles. The maximum atomic E-state index is 13.3. The topological polar surface area (TPSA) is 46.6 Å². The Morgan fingerprint density at radius 1 is 0.923 bits per heavy atom. The molecule has 3 aromatic rings. The molecule has 0 radical (unpaired) electrons. The molecule has 26 heavy (non-hydrogen) atoms. The molecule has 0 atom stereocenters. The van der Waals surface area contributed by atoms with Crippen molar-refractivity contribution in [2.75, 3.05) is 11.4 Å². The van der Waals surface area contributed by atoms with E-state index in [1.807, 2.05) is 24.3 Å². The lowest BCUT2D eigenvalue weighted by molar-refractivity contribution is 0.415. The number of ether oxygens (including phenoxy) is 1. The fourth-order valence-corrected chi connectivity index (χ4v) is 4.29. The Hall–Kier alpha value is -2.31. The van der Waals surface area contributed by atoms with Crippen LogP contribution in [0.1, 0.15) is 5.56 Å². The third-order valence-corrected chi connectivity index (χ3v) is 6.23. The number of benzene rings is 3. The molecule has 0 saturated heterocycles. The van der Waals surface area contributed by atoms with Gasteiger partial charge < -0.3 is 4.74 Å². The summed E-state index contributed by atoms with van der Waals surface area (Å²) in [5.41, 5.74) is 1.44. The van der Waals surface area contributed by atoms with Gasteiger partial charge in [-0.25, -0.2) is 8.42 Å². The molecule has 0 bridgehead atoms. The van der Waals surface area contributed by atoms with Crippen molar-refractivity contribution in [1.29, 1.82) is 0 Å². The molecular weight excluding hydrogens is 414 g/mol. The average molecular weight is 432 g/mol. The van der Waals surface area contributed by atoms with Crippen LogP contribution in [0.2, 0.25) is 0 Å². The summed E-state index contributed by atoms with van der Waals surface area (Å²) in [5.74, 6) is 0.603. The van der Waals surface area contributed by atoms with Gasteiger partial charge in [0.15, 0.2) is 0 Å². The molecule has 4 nitrogen and oxygen atoms in total. The molecule has 0 saturated carbocycles. The summed E-state index contributed by atoms with van der Waals surface area (Å²) in [7, 11) is -2.16. The number of methoxy groups -OCH3 is 1. The molecule has 3 aromatic carbocycles. The van der Waals surface area contributed by atoms with E-state index < -0.39 is 10.0 Å². The first-order valence-electron chi connectivity index (χ1n) is 7.97. The van der Waals surface area contributed by atoms with Crippen LogP contribution in [0.4, 0.5) is 5.69 Å². The van der Waals surface area contributed by atoms with E-state index in [1.54, 1.807) is 61.7 Å². The Morgan fingerprint density at radius 2 is 1.62 bits per heavy atom. The second kappa shape index (κ2) is 7.93. The molecule has 6 heteroatoms. The number of hydrogen-bond acceptors (Lipinski definition) is 3. The third-order valence-electron chi connectivity index (χ3n) is 3.91. The Kier molecular flexibility index (Phi) is 5.64. The van der Waals surface area contributed by atoms with Gasteiger partial charge in [-0.1, -0.05) is 52.3 Å². The van der Waals surface area contributed by atoms with Crippen molar-refractivity contribution in [2.24, 2.45) is 0 Å². The van der Waals surface area contributed by atoms with Crippen molar-refractivity contribution < 1.29 is 13.2 Å². The van der Waals surface area contributed by atoms with Crippen molar-refractivity contribution in [3.05, 3.63) is 88.9 Å². The second-order valence-electron chi connectivity index (χ2n) is 5.65. The highest BCUT2D eigenvalue weighted by molar-refractivity contribution is 9.10. The molecule has 134 valence electrons. The fourth-order valence-electron chi connectivity index (χ4n) is 2.56. The van der Waals surface area contributed by atoms with E-state index in [0.717, 1.165) is 10.0 Å². The lowest BCUT2D eigenvalue weighted by Crippen LogP contribution is -2.30. The summed E-state index contributed by atoms with van der Waals surface area (Å²) < 4.78 is 34.2. The van der Waals surface area contributed by atoms with Gasteiger partial charge >= 0.3 is 0 Å². The predicted octanol–water partition coefficient (Wildman–Crippen LogP) is 4.85. The van der Waals surface area contributed by atoms with E-state index >= 15 is 0 Å². The van der Waals surface area contributed by atoms with E-state index in [-0.39, 0.29) is 11.4 Å². The van der Waals surface area contributed by atoms with Crippen LogP contribution in [0.3, 0.4) is 0 Å². The highest BCUT2D eigenvalue weighted by atomic mass is 79.9. The van der Waals surface area contributed by atoms with Gasteiger partial charge in [0, 0.05) is 10.5 Å². The van der Waals surface area contributed by atoms with Crippen LogP contribution in [-0.4, -0.2) is 15.5 Å². The monoisotopic (exact) mass is 431 g/mol. The largest absolute Gasteiger partial charge is 0.497 e. The first-order chi connectivity index (χ1) is 12.5. The zero-order valence-electron chi connectivity index (χ0n) is 14.2. The third kappa shape index (κ3) is 4.08. The van der Waals surface area contributed by atoms with Crippen molar-refractivity contribution in [3.63, 3.8) is 0 Å². The Bertz CT molecular complexity index is 973. The van der Waals surface area contributed by atoms with Gasteiger partial charge in [-0.05, 0) is 42.0 Å². The van der Waals surface area contributed by atoms with Crippen LogP contribution < -0.4 is 9.04 Å². The van der Waals surface area contributed by atoms with Crippen molar-refractivity contribution in [3.8, 4) is 5.75 Å². The van der Waals surface area contributed by atoms with Crippen LogP contribution in [-0.2, 0) is 16.6 Å². The van der Waals surface area contributed by atoms with Crippen LogP contribution in [0.5, 0.6) is 5.75 Å². The Balaban J connectivity index is 2.07. The second-order valence-corrected chi connectivity index (χ2v) is 8.43. The standard InChI is InChI=1S/C20H18BrNO3S/c1-25-19-7-5-6-18(14-19)22(15-16-10-12-17(21)13-11-16)26(23,24)20-8-3-2-4-9-20/h2-14H,15H2,1H3. The maximum Gasteiger partial charge on any atom is 0.264 e. The summed E-state index contributed by atoms with van der Waals surface area (Å²) in [5, 5.41) is 0. The molecule has 0 aliphatic heterocycles. The number of nitrogens with zero attached hydrogens (tertiary/aromatic N) is 1. The lowest BCUT2D eigenvalue weighted by Gasteiger charge is -2.25. The quantitative estimate of drug-likeness (QED) is 0.559. The van der Waals surface area contributed by atoms with Gasteiger partial charge in [-0.3, -0.25) is 4.31 Å². The maximum absolute atomic E-state index is 13.3. The molecule has 0 unspecified atom stereocenters. The van der Waals surface area contributed by atoms with E-state index in [9.17, 15) is 8.42 Å². The minimum absolute atomic E-state index is 0.220. The van der Waals surface area contributed by atoms with Crippen molar-refractivity contribution in [2.45, 2.75) is 11.4 Å². The summed E-state index contributed by atoms with van der Waals surface area (Å²) in [6.45, 7) is 0.220. The number of halogens is 1. The number of sulfonamides is 1. The van der Waals surface area contributed by atoms with Crippen LogP contribution >= 0.6 is 15.9 Å². The van der Waals surface area contributed by atoms with E-state index in [2.05, 4.69) is 15.9 Å². The van der Waals surface area contributed by atoms with E-state index in [0.29, 0.717) is 11.4 Å². The molecule has 0 amide bonds. The molecular formula is C20H18BrNO3S. The van der Waals surface area contributed by atoms with Gasteiger partial charge in [-0.15, -0.1) is 0 Å². The van der Waals surface area contributed by atoms with E-state index in [4.69, 9.17) is 4.74 Å². The fraction of sp³-hybridized carbons (Fsp3) is 0.100. The number of rotatable bonds is 6. The van der Waals surface area contributed by atoms with Gasteiger partial charge in [0.1, 0.15) is 5.75 Å². The molecule has 0 fully saturated rings. The minimum Gasteiger partial charge on any atom is -0.497 e. The number of hydrogen-bond donors (Lipinski definition) is 0. The summed E-state index contributed by atoms with van der Waals surface area (Å²) >= 11 is 3.40. The highest BCUT2D eigenvalue weighted by Gasteiger charge is 2.25. The molecule has 0 aromatic heterocycles. The Morgan fingerprint density at radius 3 is 2.27 bits per heavy atom. The lowest BCUT2D eigenvalue weighted by atomic mass is 10.2. The average Bonchev–Trinajstić information content (AvgIpc) is 2.68. The molecule has 3 rings (SSSR count). The smallest absolute Gasteiger partial charge is 0.264 e. The Labute approximate surface area is 162 Å². The normalized spacial score (nSPS) is 11.2. The van der Waals surface area contributed by atoms with Gasteiger partial charge in [0.05, 0.1) is 24.2 Å². The summed E-state index contributed by atoms with van der Waals surface area (Å²) in [4.78, 5) is 0.250. The van der Waals surface area contributed by atoms with Crippen LogP contribution in [0.25, 0.3) is 0 Å². The number of anilines is 1. The zero-order valence-corrected chi connectivity index (χ0v) is 16.6. The first-order valence-corrected chi connectivity index (χ1v) is 10.2. The molecule has 0 N–H and O–H groups in total. The van der Waals surface area contributed by atoms with E-state index in [1.165, 1.54) is 4.31 Å². The van der Waals surface area contributed by atoms with Crippen molar-refractivity contribution >= 4 is 31.6 Å². The SMILES string of the molecule is COc1cccc(N(Cc2ccc(Br)cc2)S(=O)(=O)c2ccccc2)c1. The van der Waals surface area contributed by atoms with Crippen LogP contribution in [0, 0.1) is 0 Å². The summed E-state index contributed by atoms with van der Waals surface area (Å²) in [6.07, 6.45) is 0. The minimum atomic E-state index is -3.72. The summed E-state index contributed by atoms with van der Waals surface area (Å²) in [6, 6.07) is 23.1. The predicted molar refractivity (Wildman–Crippen MR) is 107 cm³/mol. The highest BCUT2D eigenvalue weighted by Crippen LogP contribution is 2.29. The van der Waals surface area contributed by atoms with Crippen molar-refractivity contribution in [1.82, 2.24) is 0 Å². The van der Waals surface area contributed by atoms with Gasteiger partial charge in [-0.2, -0.15) is 0 Å².